The smallest absolute Gasteiger partial charge is 0.119 e. The van der Waals surface area contributed by atoms with Crippen LogP contribution in [0.15, 0.2) is 18.2 Å². The zero-order valence-corrected chi connectivity index (χ0v) is 12.8. The van der Waals surface area contributed by atoms with E-state index in [1.54, 1.807) is 7.11 Å². The van der Waals surface area contributed by atoms with E-state index in [1.807, 2.05) is 18.2 Å². The van der Waals surface area contributed by atoms with Gasteiger partial charge in [-0.25, -0.2) is 0 Å². The molecule has 0 bridgehead atoms. The molecule has 1 aromatic rings. The van der Waals surface area contributed by atoms with Crippen molar-refractivity contribution in [1.82, 2.24) is 4.90 Å². The first-order chi connectivity index (χ1) is 10.3. The van der Waals surface area contributed by atoms with Crippen LogP contribution in [0.25, 0.3) is 0 Å². The zero-order chi connectivity index (χ0) is 15.1. The normalized spacial score (nSPS) is 18.9. The van der Waals surface area contributed by atoms with Crippen molar-refractivity contribution < 1.29 is 14.6 Å². The topological polar surface area (TPSA) is 41.9 Å². The molecule has 0 spiro atoms. The molecule has 0 aromatic heterocycles. The van der Waals surface area contributed by atoms with Gasteiger partial charge in [0, 0.05) is 25.2 Å². The molecule has 0 aliphatic carbocycles. The van der Waals surface area contributed by atoms with Crippen LogP contribution >= 0.6 is 0 Å². The minimum Gasteiger partial charge on any atom is -0.497 e. The van der Waals surface area contributed by atoms with Crippen molar-refractivity contribution in [1.29, 1.82) is 0 Å². The molecule has 0 saturated carbocycles. The maximum Gasteiger partial charge on any atom is 0.119 e. The zero-order valence-electron chi connectivity index (χ0n) is 12.8. The minimum atomic E-state index is -0.124. The van der Waals surface area contributed by atoms with E-state index >= 15 is 0 Å². The van der Waals surface area contributed by atoms with E-state index in [0.717, 1.165) is 49.5 Å². The molecular weight excluding hydrogens is 266 g/mol. The van der Waals surface area contributed by atoms with E-state index in [-0.39, 0.29) is 6.61 Å². The van der Waals surface area contributed by atoms with Crippen LogP contribution < -0.4 is 4.74 Å². The van der Waals surface area contributed by atoms with Crippen LogP contribution in [0.2, 0.25) is 0 Å². The van der Waals surface area contributed by atoms with Gasteiger partial charge in [-0.05, 0) is 30.2 Å². The number of aliphatic hydroxyl groups is 1. The third kappa shape index (κ3) is 4.47. The Balaban J connectivity index is 2.16. The number of aliphatic hydroxyl groups excluding tert-OH is 1. The largest absolute Gasteiger partial charge is 0.497 e. The lowest BCUT2D eigenvalue weighted by atomic mass is 10.1. The fourth-order valence-electron chi connectivity index (χ4n) is 2.50. The molecule has 1 heterocycles. The lowest BCUT2D eigenvalue weighted by Crippen LogP contribution is -2.41. The van der Waals surface area contributed by atoms with Gasteiger partial charge in [0.05, 0.1) is 19.8 Å². The van der Waals surface area contributed by atoms with Crippen LogP contribution in [0.4, 0.5) is 0 Å². The predicted molar refractivity (Wildman–Crippen MR) is 82.3 cm³/mol. The summed E-state index contributed by atoms with van der Waals surface area (Å²) in [6.07, 6.45) is 1.35. The van der Waals surface area contributed by atoms with Crippen LogP contribution in [-0.2, 0) is 11.3 Å². The van der Waals surface area contributed by atoms with Gasteiger partial charge < -0.3 is 14.6 Å². The van der Waals surface area contributed by atoms with Crippen LogP contribution in [-0.4, -0.2) is 49.5 Å². The summed E-state index contributed by atoms with van der Waals surface area (Å²) in [6.45, 7) is 5.51. The van der Waals surface area contributed by atoms with E-state index < -0.39 is 0 Å². The SMILES string of the molecule is CCC1CN(Cc2cc(OC)ccc2C#CCO)CCO1. The second kappa shape index (κ2) is 8.04. The molecule has 4 nitrogen and oxygen atoms in total. The second-order valence-electron chi connectivity index (χ2n) is 5.12. The highest BCUT2D eigenvalue weighted by Crippen LogP contribution is 2.20. The summed E-state index contributed by atoms with van der Waals surface area (Å²) >= 11 is 0. The lowest BCUT2D eigenvalue weighted by molar-refractivity contribution is -0.0325. The average molecular weight is 289 g/mol. The van der Waals surface area contributed by atoms with E-state index in [0.29, 0.717) is 6.10 Å². The molecule has 114 valence electrons. The second-order valence-corrected chi connectivity index (χ2v) is 5.12. The summed E-state index contributed by atoms with van der Waals surface area (Å²) in [5, 5.41) is 8.88. The Bertz CT molecular complexity index is 519. The van der Waals surface area contributed by atoms with E-state index in [1.165, 1.54) is 0 Å². The van der Waals surface area contributed by atoms with Gasteiger partial charge in [0.15, 0.2) is 0 Å². The van der Waals surface area contributed by atoms with Crippen molar-refractivity contribution in [3.05, 3.63) is 29.3 Å². The number of hydrogen-bond acceptors (Lipinski definition) is 4. The first-order valence-electron chi connectivity index (χ1n) is 7.37. The Morgan fingerprint density at radius 2 is 2.33 bits per heavy atom. The molecule has 1 N–H and O–H groups in total. The minimum absolute atomic E-state index is 0.124. The lowest BCUT2D eigenvalue weighted by Gasteiger charge is -2.32. The number of morpholine rings is 1. The first kappa shape index (κ1) is 15.8. The summed E-state index contributed by atoms with van der Waals surface area (Å²) < 4.78 is 11.0. The molecule has 1 aliphatic heterocycles. The standard InChI is InChI=1S/C17H23NO3/c1-3-16-13-18(8-10-21-16)12-15-11-17(20-2)7-6-14(15)5-4-9-19/h6-7,11,16,19H,3,8-10,12-13H2,1-2H3. The molecule has 1 aromatic carbocycles. The Hall–Kier alpha value is -1.54. The molecule has 4 heteroatoms. The highest BCUT2D eigenvalue weighted by molar-refractivity contribution is 5.45. The third-order valence-electron chi connectivity index (χ3n) is 3.69. The van der Waals surface area contributed by atoms with Crippen LogP contribution in [0.1, 0.15) is 24.5 Å². The molecule has 21 heavy (non-hydrogen) atoms. The summed E-state index contributed by atoms with van der Waals surface area (Å²) in [6, 6.07) is 5.88. The fourth-order valence-corrected chi connectivity index (χ4v) is 2.50. The maximum absolute atomic E-state index is 8.88. The quantitative estimate of drug-likeness (QED) is 0.856. The third-order valence-corrected chi connectivity index (χ3v) is 3.69. The Morgan fingerprint density at radius 3 is 3.05 bits per heavy atom. The molecular formula is C17H23NO3. The van der Waals surface area contributed by atoms with Gasteiger partial charge in [-0.2, -0.15) is 0 Å². The van der Waals surface area contributed by atoms with Gasteiger partial charge in [0.1, 0.15) is 12.4 Å². The molecule has 1 atom stereocenters. The molecule has 1 fully saturated rings. The van der Waals surface area contributed by atoms with Crippen molar-refractivity contribution in [2.45, 2.75) is 26.0 Å². The molecule has 0 amide bonds. The maximum atomic E-state index is 8.88. The number of benzene rings is 1. The fraction of sp³-hybridized carbons (Fsp3) is 0.529. The molecule has 1 aliphatic rings. The number of ether oxygens (including phenoxy) is 2. The summed E-state index contributed by atoms with van der Waals surface area (Å²) in [5.41, 5.74) is 2.08. The van der Waals surface area contributed by atoms with Crippen molar-refractivity contribution in [3.63, 3.8) is 0 Å². The van der Waals surface area contributed by atoms with E-state index in [2.05, 4.69) is 23.7 Å². The van der Waals surface area contributed by atoms with E-state index in [4.69, 9.17) is 14.6 Å². The number of nitrogens with zero attached hydrogens (tertiary/aromatic N) is 1. The first-order valence-corrected chi connectivity index (χ1v) is 7.37. The Morgan fingerprint density at radius 1 is 1.48 bits per heavy atom. The van der Waals surface area contributed by atoms with Crippen molar-refractivity contribution in [3.8, 4) is 17.6 Å². The van der Waals surface area contributed by atoms with Crippen LogP contribution in [0.5, 0.6) is 5.75 Å². The summed E-state index contributed by atoms with van der Waals surface area (Å²) in [5.74, 6) is 6.57. The summed E-state index contributed by atoms with van der Waals surface area (Å²) in [4.78, 5) is 2.39. The Labute approximate surface area is 126 Å². The highest BCUT2D eigenvalue weighted by Gasteiger charge is 2.19. The number of hydrogen-bond donors (Lipinski definition) is 1. The van der Waals surface area contributed by atoms with Crippen molar-refractivity contribution >= 4 is 0 Å². The highest BCUT2D eigenvalue weighted by atomic mass is 16.5. The van der Waals surface area contributed by atoms with Gasteiger partial charge in [-0.1, -0.05) is 18.8 Å². The van der Waals surface area contributed by atoms with Gasteiger partial charge >= 0.3 is 0 Å². The molecule has 1 unspecified atom stereocenters. The van der Waals surface area contributed by atoms with E-state index in [9.17, 15) is 0 Å². The molecule has 1 saturated heterocycles. The molecule has 0 radical (unpaired) electrons. The summed E-state index contributed by atoms with van der Waals surface area (Å²) in [7, 11) is 1.67. The van der Waals surface area contributed by atoms with Crippen molar-refractivity contribution in [2.24, 2.45) is 0 Å². The average Bonchev–Trinajstić information content (AvgIpc) is 2.53. The van der Waals surface area contributed by atoms with Crippen molar-refractivity contribution in [2.75, 3.05) is 33.4 Å². The number of methoxy groups -OCH3 is 1. The van der Waals surface area contributed by atoms with Gasteiger partial charge in [0.2, 0.25) is 0 Å². The van der Waals surface area contributed by atoms with Crippen LogP contribution in [0, 0.1) is 11.8 Å². The monoisotopic (exact) mass is 289 g/mol. The van der Waals surface area contributed by atoms with Crippen LogP contribution in [0.3, 0.4) is 0 Å². The van der Waals surface area contributed by atoms with Gasteiger partial charge in [-0.15, -0.1) is 0 Å². The Kier molecular flexibility index (Phi) is 6.06. The van der Waals surface area contributed by atoms with Gasteiger partial charge in [0.25, 0.3) is 0 Å². The van der Waals surface area contributed by atoms with Gasteiger partial charge in [-0.3, -0.25) is 4.90 Å². The predicted octanol–water partition coefficient (Wildman–Crippen LogP) is 1.65. The molecule has 2 rings (SSSR count). The number of rotatable bonds is 4.